The molecule has 2 rings (SSSR count). The number of nitrogens with zero attached hydrogens (tertiary/aromatic N) is 3. The van der Waals surface area contributed by atoms with E-state index in [9.17, 15) is 27.2 Å². The highest BCUT2D eigenvalue weighted by atomic mass is 32.1. The minimum absolute atomic E-state index is 0.0231. The molecule has 186 valence electrons. The summed E-state index contributed by atoms with van der Waals surface area (Å²) >= 11 is 5.09. The van der Waals surface area contributed by atoms with E-state index < -0.39 is 40.5 Å². The number of carbonyl (C=O) groups is 2. The van der Waals surface area contributed by atoms with Crippen LogP contribution in [-0.2, 0) is 26.9 Å². The Labute approximate surface area is 195 Å². The van der Waals surface area contributed by atoms with Crippen LogP contribution in [0.2, 0.25) is 0 Å². The van der Waals surface area contributed by atoms with E-state index in [1.807, 2.05) is 13.8 Å². The summed E-state index contributed by atoms with van der Waals surface area (Å²) in [6.45, 7) is 6.33. The predicted octanol–water partition coefficient (Wildman–Crippen LogP) is 3.48. The summed E-state index contributed by atoms with van der Waals surface area (Å²) in [7, 11) is 0. The molecule has 1 fully saturated rings. The van der Waals surface area contributed by atoms with E-state index in [4.69, 9.17) is 17.0 Å². The predicted molar refractivity (Wildman–Crippen MR) is 116 cm³/mol. The Morgan fingerprint density at radius 3 is 2.55 bits per heavy atom. The number of nitrogens with one attached hydrogen (secondary N) is 1. The molecule has 1 amide bonds. The molecule has 1 aliphatic rings. The molecule has 1 saturated heterocycles. The molecule has 0 spiro atoms. The van der Waals surface area contributed by atoms with Crippen molar-refractivity contribution in [3.8, 4) is 0 Å². The molecule has 0 aliphatic carbocycles. The lowest BCUT2D eigenvalue weighted by molar-refractivity contribution is -0.143. The number of ether oxygens (including phenoxy) is 1. The summed E-state index contributed by atoms with van der Waals surface area (Å²) in [5, 5.41) is 6.86. The first-order valence-corrected chi connectivity index (χ1v) is 11.3. The summed E-state index contributed by atoms with van der Waals surface area (Å²) in [6.07, 6.45) is -5.35. The van der Waals surface area contributed by atoms with Crippen molar-refractivity contribution in [1.82, 2.24) is 20.0 Å². The van der Waals surface area contributed by atoms with Gasteiger partial charge < -0.3 is 10.1 Å². The summed E-state index contributed by atoms with van der Waals surface area (Å²) in [6, 6.07) is -0.184. The number of hydrogen-bond donors (Lipinski definition) is 1. The van der Waals surface area contributed by atoms with Crippen LogP contribution in [0.4, 0.5) is 17.6 Å². The number of amides is 1. The van der Waals surface area contributed by atoms with Crippen molar-refractivity contribution < 1.29 is 31.9 Å². The SMILES string of the molecule is CCOC(=O)CCNC(=O)C(CC(C)C)n1nc(CCN2CC(F)C2)cc(C(F)(F)F)c1=S. The molecule has 33 heavy (non-hydrogen) atoms. The number of likely N-dealkylation sites (tertiary alicyclic amines) is 1. The molecule has 1 aromatic heterocycles. The molecule has 0 saturated carbocycles. The number of alkyl halides is 4. The third kappa shape index (κ3) is 8.02. The zero-order valence-corrected chi connectivity index (χ0v) is 19.8. The van der Waals surface area contributed by atoms with Crippen molar-refractivity contribution in [1.29, 1.82) is 0 Å². The normalized spacial score (nSPS) is 15.9. The molecular weight excluding hydrogens is 464 g/mol. The Balaban J connectivity index is 2.30. The molecule has 0 bridgehead atoms. The monoisotopic (exact) mass is 494 g/mol. The van der Waals surface area contributed by atoms with Gasteiger partial charge in [-0.25, -0.2) is 9.07 Å². The van der Waals surface area contributed by atoms with Gasteiger partial charge in [0.1, 0.15) is 16.9 Å². The van der Waals surface area contributed by atoms with Gasteiger partial charge in [-0.3, -0.25) is 14.5 Å². The highest BCUT2D eigenvalue weighted by Crippen LogP contribution is 2.32. The standard InChI is InChI=1S/C21H30F4N4O3S/c1-4-32-18(30)5-7-26-19(31)17(9-13(2)3)29-20(33)16(21(23,24)25)10-15(27-29)6-8-28-11-14(22)12-28/h10,13-14,17H,4-9,11-12H2,1-3H3,(H,26,31). The van der Waals surface area contributed by atoms with Crippen molar-refractivity contribution in [2.75, 3.05) is 32.8 Å². The third-order valence-corrected chi connectivity index (χ3v) is 5.52. The van der Waals surface area contributed by atoms with Crippen LogP contribution in [0.25, 0.3) is 0 Å². The van der Waals surface area contributed by atoms with Gasteiger partial charge >= 0.3 is 12.1 Å². The number of halogens is 4. The molecule has 1 N–H and O–H groups in total. The summed E-state index contributed by atoms with van der Waals surface area (Å²) in [4.78, 5) is 26.2. The maximum absolute atomic E-state index is 13.7. The van der Waals surface area contributed by atoms with E-state index in [0.717, 1.165) is 10.7 Å². The molecule has 1 atom stereocenters. The molecule has 0 aromatic carbocycles. The van der Waals surface area contributed by atoms with Gasteiger partial charge in [0.2, 0.25) is 5.91 Å². The molecule has 2 heterocycles. The molecule has 1 aliphatic heterocycles. The summed E-state index contributed by atoms with van der Waals surface area (Å²) < 4.78 is 59.4. The smallest absolute Gasteiger partial charge is 0.419 e. The van der Waals surface area contributed by atoms with Crippen molar-refractivity contribution in [2.24, 2.45) is 5.92 Å². The Kier molecular flexibility index (Phi) is 9.77. The van der Waals surface area contributed by atoms with Gasteiger partial charge in [-0.1, -0.05) is 26.1 Å². The quantitative estimate of drug-likeness (QED) is 0.288. The fourth-order valence-corrected chi connectivity index (χ4v) is 3.81. The topological polar surface area (TPSA) is 76.5 Å². The Bertz CT molecular complexity index is 885. The fraction of sp³-hybridized carbons (Fsp3) is 0.714. The molecule has 12 heteroatoms. The lowest BCUT2D eigenvalue weighted by Gasteiger charge is -2.34. The zero-order valence-electron chi connectivity index (χ0n) is 19.0. The van der Waals surface area contributed by atoms with Gasteiger partial charge in [-0.2, -0.15) is 18.3 Å². The van der Waals surface area contributed by atoms with Crippen LogP contribution in [0.1, 0.15) is 50.9 Å². The van der Waals surface area contributed by atoms with Gasteiger partial charge in [-0.05, 0) is 25.3 Å². The number of carbonyl (C=O) groups excluding carboxylic acids is 2. The minimum Gasteiger partial charge on any atom is -0.466 e. The molecule has 7 nitrogen and oxygen atoms in total. The Morgan fingerprint density at radius 2 is 2.00 bits per heavy atom. The van der Waals surface area contributed by atoms with Crippen LogP contribution in [0.15, 0.2) is 6.07 Å². The first kappa shape index (κ1) is 27.2. The molecule has 1 aromatic rings. The number of hydrogen-bond acceptors (Lipinski definition) is 6. The van der Waals surface area contributed by atoms with Gasteiger partial charge in [-0.15, -0.1) is 0 Å². The first-order valence-electron chi connectivity index (χ1n) is 10.9. The van der Waals surface area contributed by atoms with E-state index >= 15 is 0 Å². The minimum atomic E-state index is -4.72. The highest BCUT2D eigenvalue weighted by Gasteiger charge is 2.36. The van der Waals surface area contributed by atoms with E-state index in [0.29, 0.717) is 6.54 Å². The zero-order chi connectivity index (χ0) is 24.8. The van der Waals surface area contributed by atoms with Gasteiger partial charge in [0.15, 0.2) is 0 Å². The van der Waals surface area contributed by atoms with Crippen LogP contribution in [0.5, 0.6) is 0 Å². The second-order valence-corrected chi connectivity index (χ2v) is 8.78. The molecule has 1 unspecified atom stereocenters. The third-order valence-electron chi connectivity index (χ3n) is 5.11. The van der Waals surface area contributed by atoms with Crippen molar-refractivity contribution in [3.05, 3.63) is 22.0 Å². The first-order chi connectivity index (χ1) is 15.4. The van der Waals surface area contributed by atoms with Crippen molar-refractivity contribution in [3.63, 3.8) is 0 Å². The second kappa shape index (κ2) is 11.9. The average Bonchev–Trinajstić information content (AvgIpc) is 2.68. The summed E-state index contributed by atoms with van der Waals surface area (Å²) in [5.41, 5.74) is -0.922. The highest BCUT2D eigenvalue weighted by molar-refractivity contribution is 7.71. The van der Waals surface area contributed by atoms with Gasteiger partial charge in [0.05, 0.1) is 24.3 Å². The second-order valence-electron chi connectivity index (χ2n) is 8.40. The number of esters is 1. The number of rotatable bonds is 11. The van der Waals surface area contributed by atoms with Crippen LogP contribution in [-0.4, -0.2) is 65.5 Å². The van der Waals surface area contributed by atoms with Crippen molar-refractivity contribution >= 4 is 24.1 Å². The van der Waals surface area contributed by atoms with Crippen molar-refractivity contribution in [2.45, 2.75) is 58.4 Å². The van der Waals surface area contributed by atoms with Gasteiger partial charge in [0, 0.05) is 32.6 Å². The van der Waals surface area contributed by atoms with Crippen LogP contribution >= 0.6 is 12.2 Å². The molecular formula is C21H30F4N4O3S. The average molecular weight is 495 g/mol. The molecule has 0 radical (unpaired) electrons. The van der Waals surface area contributed by atoms with Crippen LogP contribution in [0, 0.1) is 10.6 Å². The lowest BCUT2D eigenvalue weighted by atomic mass is 10.0. The number of aromatic nitrogens is 2. The fourth-order valence-electron chi connectivity index (χ4n) is 3.47. The summed E-state index contributed by atoms with van der Waals surface area (Å²) in [5.74, 6) is -1.12. The van der Waals surface area contributed by atoms with E-state index in [-0.39, 0.29) is 57.1 Å². The largest absolute Gasteiger partial charge is 0.466 e. The van der Waals surface area contributed by atoms with E-state index in [2.05, 4.69) is 10.4 Å². The van der Waals surface area contributed by atoms with Gasteiger partial charge in [0.25, 0.3) is 0 Å². The van der Waals surface area contributed by atoms with Crippen LogP contribution in [0.3, 0.4) is 0 Å². The maximum Gasteiger partial charge on any atom is 0.419 e. The maximum atomic E-state index is 13.7. The van der Waals surface area contributed by atoms with E-state index in [1.165, 1.54) is 0 Å². The van der Waals surface area contributed by atoms with Crippen LogP contribution < -0.4 is 5.32 Å². The Morgan fingerprint density at radius 1 is 1.33 bits per heavy atom. The Hall–Kier alpha value is -2.08. The lowest BCUT2D eigenvalue weighted by Crippen LogP contribution is -2.49. The van der Waals surface area contributed by atoms with E-state index in [1.54, 1.807) is 11.8 Å².